The fourth-order valence-corrected chi connectivity index (χ4v) is 2.42. The van der Waals surface area contributed by atoms with Crippen LogP contribution >= 0.6 is 0 Å². The number of aldehydes is 1. The van der Waals surface area contributed by atoms with E-state index in [1.807, 2.05) is 0 Å². The summed E-state index contributed by atoms with van der Waals surface area (Å²) in [7, 11) is -1.80. The van der Waals surface area contributed by atoms with Crippen LogP contribution in [0.25, 0.3) is 0 Å². The third-order valence-electron chi connectivity index (χ3n) is 3.71. The highest BCUT2D eigenvalue weighted by atomic mass is 28.4. The summed E-state index contributed by atoms with van der Waals surface area (Å²) in [5, 5.41) is 0.139. The van der Waals surface area contributed by atoms with E-state index in [-0.39, 0.29) is 10.8 Å². The lowest BCUT2D eigenvalue weighted by atomic mass is 10.2. The fraction of sp³-hybridized carbons (Fsp3) is 0.533. The Morgan fingerprint density at radius 1 is 1.25 bits per heavy atom. The minimum atomic E-state index is -1.80. The van der Waals surface area contributed by atoms with E-state index in [9.17, 15) is 9.18 Å². The second kappa shape index (κ2) is 6.50. The quantitative estimate of drug-likeness (QED) is 0.452. The number of benzene rings is 1. The third kappa shape index (κ3) is 4.42. The van der Waals surface area contributed by atoms with Gasteiger partial charge >= 0.3 is 0 Å². The van der Waals surface area contributed by atoms with Gasteiger partial charge < -0.3 is 9.16 Å². The van der Waals surface area contributed by atoms with Crippen molar-refractivity contribution in [1.82, 2.24) is 0 Å². The van der Waals surface area contributed by atoms with E-state index in [1.54, 1.807) is 0 Å². The molecule has 0 fully saturated rings. The average Bonchev–Trinajstić information content (AvgIpc) is 2.33. The van der Waals surface area contributed by atoms with E-state index in [2.05, 4.69) is 33.9 Å². The lowest BCUT2D eigenvalue weighted by Gasteiger charge is -2.36. The van der Waals surface area contributed by atoms with Crippen LogP contribution in [0.2, 0.25) is 18.1 Å². The SMILES string of the molecule is CC(C)(C)[Si](C)(C)OCCOc1cc(F)ccc1C=O. The summed E-state index contributed by atoms with van der Waals surface area (Å²) in [6.07, 6.45) is 0.656. The van der Waals surface area contributed by atoms with Crippen LogP contribution in [0.4, 0.5) is 4.39 Å². The molecule has 0 spiro atoms. The Morgan fingerprint density at radius 3 is 2.45 bits per heavy atom. The molecule has 0 heterocycles. The van der Waals surface area contributed by atoms with E-state index < -0.39 is 14.1 Å². The van der Waals surface area contributed by atoms with E-state index in [0.717, 1.165) is 0 Å². The number of carbonyl (C=O) groups excluding carboxylic acids is 1. The van der Waals surface area contributed by atoms with Gasteiger partial charge in [0, 0.05) is 6.07 Å². The van der Waals surface area contributed by atoms with Crippen molar-refractivity contribution in [2.75, 3.05) is 13.2 Å². The molecule has 20 heavy (non-hydrogen) atoms. The van der Waals surface area contributed by atoms with Crippen molar-refractivity contribution >= 4 is 14.6 Å². The summed E-state index contributed by atoms with van der Waals surface area (Å²) in [6, 6.07) is 3.87. The zero-order chi connectivity index (χ0) is 15.4. The third-order valence-corrected chi connectivity index (χ3v) is 8.25. The maximum absolute atomic E-state index is 13.1. The van der Waals surface area contributed by atoms with Gasteiger partial charge in [0.1, 0.15) is 18.2 Å². The molecular weight excluding hydrogens is 275 g/mol. The second-order valence-corrected chi connectivity index (χ2v) is 11.1. The molecule has 1 rings (SSSR count). The highest BCUT2D eigenvalue weighted by molar-refractivity contribution is 6.74. The van der Waals surface area contributed by atoms with Gasteiger partial charge in [-0.3, -0.25) is 4.79 Å². The molecular formula is C15H23FO3Si. The van der Waals surface area contributed by atoms with Crippen molar-refractivity contribution in [3.05, 3.63) is 29.6 Å². The second-order valence-electron chi connectivity index (χ2n) is 6.26. The Bertz CT molecular complexity index is 467. The van der Waals surface area contributed by atoms with Crippen molar-refractivity contribution < 1.29 is 18.3 Å². The van der Waals surface area contributed by atoms with Crippen LogP contribution in [0.1, 0.15) is 31.1 Å². The molecule has 0 aliphatic rings. The van der Waals surface area contributed by atoms with Gasteiger partial charge in [-0.25, -0.2) is 4.39 Å². The highest BCUT2D eigenvalue weighted by Gasteiger charge is 2.36. The van der Waals surface area contributed by atoms with Crippen molar-refractivity contribution in [2.24, 2.45) is 0 Å². The lowest BCUT2D eigenvalue weighted by Crippen LogP contribution is -2.41. The summed E-state index contributed by atoms with van der Waals surface area (Å²) in [4.78, 5) is 10.8. The maximum atomic E-state index is 13.1. The summed E-state index contributed by atoms with van der Waals surface area (Å²) in [6.45, 7) is 11.5. The van der Waals surface area contributed by atoms with Crippen LogP contribution in [0, 0.1) is 5.82 Å². The Morgan fingerprint density at radius 2 is 1.90 bits per heavy atom. The maximum Gasteiger partial charge on any atom is 0.192 e. The molecule has 0 aliphatic heterocycles. The van der Waals surface area contributed by atoms with E-state index in [0.29, 0.717) is 25.1 Å². The molecule has 3 nitrogen and oxygen atoms in total. The van der Waals surface area contributed by atoms with Gasteiger partial charge in [-0.05, 0) is 30.3 Å². The predicted octanol–water partition coefficient (Wildman–Crippen LogP) is 4.04. The molecule has 0 aromatic heterocycles. The summed E-state index contributed by atoms with van der Waals surface area (Å²) in [5.74, 6) is -0.158. The summed E-state index contributed by atoms with van der Waals surface area (Å²) in [5.41, 5.74) is 0.346. The standard InChI is InChI=1S/C15H23FO3Si/c1-15(2,3)20(4,5)19-9-8-18-14-10-13(16)7-6-12(14)11-17/h6-7,10-11H,8-9H2,1-5H3. The molecule has 1 aromatic carbocycles. The molecule has 0 bridgehead atoms. The number of halogens is 1. The number of carbonyl (C=O) groups is 1. The first-order valence-electron chi connectivity index (χ1n) is 6.69. The number of hydrogen-bond acceptors (Lipinski definition) is 3. The molecule has 0 amide bonds. The average molecular weight is 298 g/mol. The first kappa shape index (κ1) is 16.9. The van der Waals surface area contributed by atoms with Crippen molar-refractivity contribution in [2.45, 2.75) is 38.9 Å². The smallest absolute Gasteiger partial charge is 0.192 e. The van der Waals surface area contributed by atoms with Gasteiger partial charge in [-0.15, -0.1) is 0 Å². The molecule has 0 saturated carbocycles. The van der Waals surface area contributed by atoms with Crippen LogP contribution in [0.3, 0.4) is 0 Å². The van der Waals surface area contributed by atoms with Crippen molar-refractivity contribution in [3.8, 4) is 5.75 Å². The van der Waals surface area contributed by atoms with Gasteiger partial charge in [-0.1, -0.05) is 20.8 Å². The lowest BCUT2D eigenvalue weighted by molar-refractivity contribution is 0.111. The van der Waals surface area contributed by atoms with Crippen LogP contribution in [-0.2, 0) is 4.43 Å². The first-order chi connectivity index (χ1) is 9.17. The predicted molar refractivity (Wildman–Crippen MR) is 80.4 cm³/mol. The molecule has 5 heteroatoms. The number of ether oxygens (including phenoxy) is 1. The van der Waals surface area contributed by atoms with Crippen LogP contribution in [0.15, 0.2) is 18.2 Å². The minimum absolute atomic E-state index is 0.139. The fourth-order valence-electron chi connectivity index (χ4n) is 1.40. The van der Waals surface area contributed by atoms with Gasteiger partial charge in [0.25, 0.3) is 0 Å². The zero-order valence-electron chi connectivity index (χ0n) is 12.8. The first-order valence-corrected chi connectivity index (χ1v) is 9.60. The van der Waals surface area contributed by atoms with Crippen LogP contribution in [-0.4, -0.2) is 27.8 Å². The molecule has 1 aromatic rings. The summed E-state index contributed by atoms with van der Waals surface area (Å²) < 4.78 is 24.5. The van der Waals surface area contributed by atoms with Crippen molar-refractivity contribution in [1.29, 1.82) is 0 Å². The van der Waals surface area contributed by atoms with Crippen LogP contribution < -0.4 is 4.74 Å². The number of rotatable bonds is 6. The van der Waals surface area contributed by atoms with E-state index >= 15 is 0 Å². The Labute approximate surface area is 121 Å². The van der Waals surface area contributed by atoms with Gasteiger partial charge in [0.05, 0.1) is 12.2 Å². The Kier molecular flexibility index (Phi) is 5.47. The van der Waals surface area contributed by atoms with Gasteiger partial charge in [-0.2, -0.15) is 0 Å². The molecule has 112 valence electrons. The van der Waals surface area contributed by atoms with Gasteiger partial charge in [0.2, 0.25) is 0 Å². The Balaban J connectivity index is 2.54. The zero-order valence-corrected chi connectivity index (χ0v) is 13.8. The summed E-state index contributed by atoms with van der Waals surface area (Å²) >= 11 is 0. The largest absolute Gasteiger partial charge is 0.490 e. The number of hydrogen-bond donors (Lipinski definition) is 0. The topological polar surface area (TPSA) is 35.5 Å². The molecule has 0 aliphatic carbocycles. The molecule has 0 radical (unpaired) electrons. The monoisotopic (exact) mass is 298 g/mol. The molecule has 0 atom stereocenters. The minimum Gasteiger partial charge on any atom is -0.490 e. The Hall–Kier alpha value is -1.20. The van der Waals surface area contributed by atoms with Gasteiger partial charge in [0.15, 0.2) is 14.6 Å². The van der Waals surface area contributed by atoms with Crippen LogP contribution in [0.5, 0.6) is 5.75 Å². The molecule has 0 saturated heterocycles. The van der Waals surface area contributed by atoms with E-state index in [4.69, 9.17) is 9.16 Å². The normalized spacial score (nSPS) is 12.3. The highest BCUT2D eigenvalue weighted by Crippen LogP contribution is 2.36. The molecule has 0 N–H and O–H groups in total. The van der Waals surface area contributed by atoms with E-state index in [1.165, 1.54) is 18.2 Å². The molecule has 0 unspecified atom stereocenters. The van der Waals surface area contributed by atoms with Crippen molar-refractivity contribution in [3.63, 3.8) is 0 Å².